The van der Waals surface area contributed by atoms with Crippen LogP contribution in [0.5, 0.6) is 0 Å². The highest BCUT2D eigenvalue weighted by Gasteiger charge is 2.22. The molecule has 4 nitrogen and oxygen atoms in total. The fraction of sp³-hybridized carbons (Fsp3) is 0.154. The third-order valence-corrected chi connectivity index (χ3v) is 4.96. The predicted molar refractivity (Wildman–Crippen MR) is 78.7 cm³/mol. The molecule has 1 aromatic carbocycles. The Bertz CT molecular complexity index is 701. The Balaban J connectivity index is 2.49. The minimum atomic E-state index is -3.60. The third kappa shape index (κ3) is 2.79. The van der Waals surface area contributed by atoms with Crippen molar-refractivity contribution in [3.8, 4) is 0 Å². The Morgan fingerprint density at radius 3 is 2.53 bits per heavy atom. The standard InChI is InChI=1S/C13H13BrN2O2S/c1-10-5-3-4-6-13(10)16(2)19(17,18)12-7-11(14)8-15-9-12/h3-9H,1-2H3. The van der Waals surface area contributed by atoms with E-state index in [1.165, 1.54) is 16.6 Å². The molecule has 1 heterocycles. The van der Waals surface area contributed by atoms with Crippen molar-refractivity contribution in [2.45, 2.75) is 11.8 Å². The maximum Gasteiger partial charge on any atom is 0.265 e. The van der Waals surface area contributed by atoms with Crippen LogP contribution in [0.2, 0.25) is 0 Å². The van der Waals surface area contributed by atoms with Crippen molar-refractivity contribution in [1.29, 1.82) is 0 Å². The Hall–Kier alpha value is -1.40. The third-order valence-electron chi connectivity index (χ3n) is 2.79. The van der Waals surface area contributed by atoms with E-state index in [4.69, 9.17) is 0 Å². The average Bonchev–Trinajstić information content (AvgIpc) is 2.38. The molecular formula is C13H13BrN2O2S. The van der Waals surface area contributed by atoms with E-state index in [2.05, 4.69) is 20.9 Å². The Morgan fingerprint density at radius 2 is 1.89 bits per heavy atom. The summed E-state index contributed by atoms with van der Waals surface area (Å²) in [7, 11) is -2.06. The number of halogens is 1. The number of aryl methyl sites for hydroxylation is 1. The number of rotatable bonds is 3. The van der Waals surface area contributed by atoms with Gasteiger partial charge < -0.3 is 0 Å². The first-order chi connectivity index (χ1) is 8.93. The summed E-state index contributed by atoms with van der Waals surface area (Å²) >= 11 is 3.23. The molecule has 6 heteroatoms. The number of para-hydroxylation sites is 1. The highest BCUT2D eigenvalue weighted by Crippen LogP contribution is 2.25. The zero-order valence-electron chi connectivity index (χ0n) is 10.5. The van der Waals surface area contributed by atoms with E-state index >= 15 is 0 Å². The van der Waals surface area contributed by atoms with E-state index in [0.717, 1.165) is 5.56 Å². The van der Waals surface area contributed by atoms with Gasteiger partial charge in [0.1, 0.15) is 4.90 Å². The fourth-order valence-electron chi connectivity index (χ4n) is 1.74. The average molecular weight is 341 g/mol. The minimum Gasteiger partial charge on any atom is -0.269 e. The van der Waals surface area contributed by atoms with Crippen molar-refractivity contribution in [3.05, 3.63) is 52.8 Å². The van der Waals surface area contributed by atoms with E-state index in [1.54, 1.807) is 19.3 Å². The number of anilines is 1. The minimum absolute atomic E-state index is 0.160. The molecule has 0 aliphatic heterocycles. The molecule has 0 aliphatic rings. The normalized spacial score (nSPS) is 11.3. The van der Waals surface area contributed by atoms with Gasteiger partial charge in [0.2, 0.25) is 0 Å². The van der Waals surface area contributed by atoms with Crippen molar-refractivity contribution >= 4 is 31.6 Å². The highest BCUT2D eigenvalue weighted by molar-refractivity contribution is 9.10. The Labute approximate surface area is 121 Å². The van der Waals surface area contributed by atoms with Crippen molar-refractivity contribution in [2.24, 2.45) is 0 Å². The van der Waals surface area contributed by atoms with E-state index in [1.807, 2.05) is 25.1 Å². The van der Waals surface area contributed by atoms with Crippen LogP contribution in [-0.2, 0) is 10.0 Å². The molecule has 0 saturated heterocycles. The van der Waals surface area contributed by atoms with Crippen molar-refractivity contribution < 1.29 is 8.42 Å². The van der Waals surface area contributed by atoms with Gasteiger partial charge in [-0.15, -0.1) is 0 Å². The van der Waals surface area contributed by atoms with Gasteiger partial charge in [-0.25, -0.2) is 8.42 Å². The van der Waals surface area contributed by atoms with Gasteiger partial charge in [0.15, 0.2) is 0 Å². The van der Waals surface area contributed by atoms with Gasteiger partial charge in [-0.05, 0) is 40.5 Å². The smallest absolute Gasteiger partial charge is 0.265 e. The lowest BCUT2D eigenvalue weighted by molar-refractivity contribution is 0.594. The molecule has 2 rings (SSSR count). The topological polar surface area (TPSA) is 50.3 Å². The van der Waals surface area contributed by atoms with Crippen LogP contribution in [0.15, 0.2) is 52.1 Å². The number of sulfonamides is 1. The summed E-state index contributed by atoms with van der Waals surface area (Å²) in [6, 6.07) is 8.88. The summed E-state index contributed by atoms with van der Waals surface area (Å²) < 4.78 is 26.9. The van der Waals surface area contributed by atoms with Crippen LogP contribution in [0.25, 0.3) is 0 Å². The molecule has 0 amide bonds. The van der Waals surface area contributed by atoms with Gasteiger partial charge in [0, 0.05) is 23.9 Å². The van der Waals surface area contributed by atoms with Gasteiger partial charge >= 0.3 is 0 Å². The molecule has 0 fully saturated rings. The summed E-state index contributed by atoms with van der Waals surface area (Å²) in [6.07, 6.45) is 2.89. The lowest BCUT2D eigenvalue weighted by Crippen LogP contribution is -2.27. The molecule has 0 bridgehead atoms. The predicted octanol–water partition coefficient (Wildman–Crippen LogP) is 2.98. The monoisotopic (exact) mass is 340 g/mol. The lowest BCUT2D eigenvalue weighted by atomic mass is 10.2. The molecule has 1 aromatic heterocycles. The molecule has 0 saturated carbocycles. The molecular weight excluding hydrogens is 328 g/mol. The molecule has 0 radical (unpaired) electrons. The van der Waals surface area contributed by atoms with Gasteiger partial charge in [-0.1, -0.05) is 18.2 Å². The van der Waals surface area contributed by atoms with Gasteiger partial charge in [0.05, 0.1) is 5.69 Å². The number of hydrogen-bond donors (Lipinski definition) is 0. The first-order valence-electron chi connectivity index (χ1n) is 5.58. The molecule has 19 heavy (non-hydrogen) atoms. The first kappa shape index (κ1) is 14.0. The highest BCUT2D eigenvalue weighted by atomic mass is 79.9. The molecule has 0 aliphatic carbocycles. The van der Waals surface area contributed by atoms with Gasteiger partial charge in [-0.3, -0.25) is 9.29 Å². The van der Waals surface area contributed by atoms with Crippen molar-refractivity contribution in [2.75, 3.05) is 11.4 Å². The van der Waals surface area contributed by atoms with Crippen LogP contribution in [0.1, 0.15) is 5.56 Å². The second kappa shape index (κ2) is 5.30. The van der Waals surface area contributed by atoms with E-state index in [-0.39, 0.29) is 4.90 Å². The van der Waals surface area contributed by atoms with Crippen LogP contribution in [0.4, 0.5) is 5.69 Å². The fourth-order valence-corrected chi connectivity index (χ4v) is 3.50. The van der Waals surface area contributed by atoms with Crippen LogP contribution in [-0.4, -0.2) is 20.4 Å². The number of nitrogens with zero attached hydrogens (tertiary/aromatic N) is 2. The SMILES string of the molecule is Cc1ccccc1N(C)S(=O)(=O)c1cncc(Br)c1. The summed E-state index contributed by atoms with van der Waals surface area (Å²) in [5.74, 6) is 0. The van der Waals surface area contributed by atoms with Crippen LogP contribution in [0, 0.1) is 6.92 Å². The number of pyridine rings is 1. The molecule has 0 unspecified atom stereocenters. The van der Waals surface area contributed by atoms with E-state index in [9.17, 15) is 8.42 Å². The summed E-state index contributed by atoms with van der Waals surface area (Å²) in [5.41, 5.74) is 1.55. The quantitative estimate of drug-likeness (QED) is 0.862. The zero-order valence-corrected chi connectivity index (χ0v) is 12.9. The van der Waals surface area contributed by atoms with Crippen LogP contribution < -0.4 is 4.31 Å². The van der Waals surface area contributed by atoms with Crippen LogP contribution >= 0.6 is 15.9 Å². The lowest BCUT2D eigenvalue weighted by Gasteiger charge is -2.21. The molecule has 2 aromatic rings. The zero-order chi connectivity index (χ0) is 14.0. The Kier molecular flexibility index (Phi) is 3.91. The molecule has 0 atom stereocenters. The first-order valence-corrected chi connectivity index (χ1v) is 7.81. The summed E-state index contributed by atoms with van der Waals surface area (Å²) in [6.45, 7) is 1.88. The molecule has 0 N–H and O–H groups in total. The molecule has 100 valence electrons. The van der Waals surface area contributed by atoms with Gasteiger partial charge in [0.25, 0.3) is 10.0 Å². The summed E-state index contributed by atoms with van der Waals surface area (Å²) in [4.78, 5) is 4.06. The van der Waals surface area contributed by atoms with Crippen molar-refractivity contribution in [1.82, 2.24) is 4.98 Å². The maximum absolute atomic E-state index is 12.5. The number of aromatic nitrogens is 1. The number of hydrogen-bond acceptors (Lipinski definition) is 3. The van der Waals surface area contributed by atoms with Gasteiger partial charge in [-0.2, -0.15) is 0 Å². The van der Waals surface area contributed by atoms with E-state index < -0.39 is 10.0 Å². The Morgan fingerprint density at radius 1 is 1.21 bits per heavy atom. The second-order valence-electron chi connectivity index (χ2n) is 4.10. The van der Waals surface area contributed by atoms with Crippen LogP contribution in [0.3, 0.4) is 0 Å². The number of benzene rings is 1. The molecule has 0 spiro atoms. The summed E-state index contributed by atoms with van der Waals surface area (Å²) in [5, 5.41) is 0. The largest absolute Gasteiger partial charge is 0.269 e. The maximum atomic E-state index is 12.5. The second-order valence-corrected chi connectivity index (χ2v) is 6.98. The van der Waals surface area contributed by atoms with E-state index in [0.29, 0.717) is 10.2 Å². The van der Waals surface area contributed by atoms with Crippen molar-refractivity contribution in [3.63, 3.8) is 0 Å².